The van der Waals surface area contributed by atoms with Crippen molar-refractivity contribution in [3.05, 3.63) is 0 Å². The van der Waals surface area contributed by atoms with Gasteiger partial charge in [-0.1, -0.05) is 0 Å². The Morgan fingerprint density at radius 2 is 0.800 bits per heavy atom. The number of hydrogen-bond donors (Lipinski definition) is 5. The molecule has 22 heteroatoms. The zero-order chi connectivity index (χ0) is 43.6. The molecule has 22 nitrogen and oxygen atoms in total. The number of hydrogen-bond acceptors (Lipinski definition) is 18. The molecule has 1 aliphatic heterocycles. The van der Waals surface area contributed by atoms with Crippen LogP contribution in [0.2, 0.25) is 0 Å². The number of epoxide rings is 1. The van der Waals surface area contributed by atoms with Crippen molar-refractivity contribution in [3.8, 4) is 0 Å². The molecule has 0 aliphatic carbocycles. The molecular weight excluding hydrogens is 798 g/mol. The Kier molecular flexibility index (Phi) is 38.4. The van der Waals surface area contributed by atoms with Gasteiger partial charge in [-0.3, -0.25) is 24.5 Å². The minimum absolute atomic E-state index is 0.0422. The molecule has 352 valence electrons. The second kappa shape index (κ2) is 41.7. The van der Waals surface area contributed by atoms with Crippen LogP contribution in [0.15, 0.2) is 0 Å². The average molecular weight is 872 g/mol. The minimum Gasteiger partial charge on any atom is -0.382 e. The molecular formula is C38H73N5O17. The third-order valence-corrected chi connectivity index (χ3v) is 7.98. The van der Waals surface area contributed by atoms with Crippen LogP contribution in [-0.4, -0.2) is 228 Å². The van der Waals surface area contributed by atoms with E-state index in [0.717, 1.165) is 6.42 Å². The molecule has 60 heavy (non-hydrogen) atoms. The Balaban J connectivity index is 1.95. The maximum atomic E-state index is 12.6. The summed E-state index contributed by atoms with van der Waals surface area (Å²) in [7, 11) is 4.99. The highest BCUT2D eigenvalue weighted by molar-refractivity contribution is 5.78. The zero-order valence-corrected chi connectivity index (χ0v) is 36.0. The molecule has 5 N–H and O–H groups in total. The third-order valence-electron chi connectivity index (χ3n) is 7.98. The number of unbranched alkanes of at least 4 members (excludes halogenated alkanes) is 1. The van der Waals surface area contributed by atoms with Crippen molar-refractivity contribution >= 4 is 23.6 Å². The largest absolute Gasteiger partial charge is 0.382 e. The fourth-order valence-corrected chi connectivity index (χ4v) is 4.89. The Bertz CT molecular complexity index is 1050. The Morgan fingerprint density at radius 1 is 0.450 bits per heavy atom. The third kappa shape index (κ3) is 36.0. The van der Waals surface area contributed by atoms with Crippen LogP contribution < -0.4 is 26.6 Å². The molecule has 1 fully saturated rings. The SMILES string of the molecule is CNC1O[C@H]1[C@H](CCCCNC(=O)COCCOCCOCCNC(=O)COCCOCCOC)NC(=O)COCCOCCOCCNC(=O)COCCOCCOC. The van der Waals surface area contributed by atoms with E-state index in [0.29, 0.717) is 138 Å². The van der Waals surface area contributed by atoms with E-state index in [2.05, 4.69) is 26.6 Å². The van der Waals surface area contributed by atoms with Crippen molar-refractivity contribution in [1.29, 1.82) is 0 Å². The van der Waals surface area contributed by atoms with Crippen LogP contribution in [0, 0.1) is 0 Å². The highest BCUT2D eigenvalue weighted by Gasteiger charge is 2.44. The Morgan fingerprint density at radius 3 is 1.18 bits per heavy atom. The van der Waals surface area contributed by atoms with E-state index >= 15 is 0 Å². The molecule has 0 aromatic carbocycles. The van der Waals surface area contributed by atoms with Crippen molar-refractivity contribution in [2.75, 3.05) is 186 Å². The number of amides is 4. The number of ether oxygens (including phenoxy) is 13. The van der Waals surface area contributed by atoms with E-state index in [1.807, 2.05) is 0 Å². The van der Waals surface area contributed by atoms with Gasteiger partial charge in [0.2, 0.25) is 23.6 Å². The van der Waals surface area contributed by atoms with Gasteiger partial charge in [-0.15, -0.1) is 0 Å². The lowest BCUT2D eigenvalue weighted by Crippen LogP contribution is -2.42. The van der Waals surface area contributed by atoms with Crippen molar-refractivity contribution in [2.45, 2.75) is 37.6 Å². The monoisotopic (exact) mass is 872 g/mol. The van der Waals surface area contributed by atoms with Crippen LogP contribution in [-0.2, 0) is 80.8 Å². The van der Waals surface area contributed by atoms with Gasteiger partial charge in [0.15, 0.2) is 0 Å². The minimum atomic E-state index is -0.252. The summed E-state index contributed by atoms with van der Waals surface area (Å²) < 4.78 is 68.9. The predicted octanol–water partition coefficient (Wildman–Crippen LogP) is -2.61. The van der Waals surface area contributed by atoms with Gasteiger partial charge < -0.3 is 82.8 Å². The second-order valence-electron chi connectivity index (χ2n) is 12.9. The molecule has 0 spiro atoms. The number of methoxy groups -OCH3 is 2. The first kappa shape index (κ1) is 55.3. The van der Waals surface area contributed by atoms with Crippen LogP contribution >= 0.6 is 0 Å². The van der Waals surface area contributed by atoms with Gasteiger partial charge in [0.05, 0.1) is 125 Å². The molecule has 3 atom stereocenters. The maximum absolute atomic E-state index is 12.6. The molecule has 0 radical (unpaired) electrons. The summed E-state index contributed by atoms with van der Waals surface area (Å²) in [6.45, 7) is 7.57. The molecule has 1 unspecified atom stereocenters. The van der Waals surface area contributed by atoms with E-state index in [1.165, 1.54) is 0 Å². The number of rotatable bonds is 46. The fraction of sp³-hybridized carbons (Fsp3) is 0.895. The fourth-order valence-electron chi connectivity index (χ4n) is 4.89. The molecule has 0 aromatic rings. The molecule has 4 amide bonds. The highest BCUT2D eigenvalue weighted by Crippen LogP contribution is 2.25. The zero-order valence-electron chi connectivity index (χ0n) is 36.0. The first-order valence-electron chi connectivity index (χ1n) is 20.6. The smallest absolute Gasteiger partial charge is 0.246 e. The van der Waals surface area contributed by atoms with E-state index in [1.54, 1.807) is 21.3 Å². The van der Waals surface area contributed by atoms with Gasteiger partial charge in [0, 0.05) is 33.9 Å². The summed E-state index contributed by atoms with van der Waals surface area (Å²) >= 11 is 0. The lowest BCUT2D eigenvalue weighted by Gasteiger charge is -2.17. The molecule has 0 bridgehead atoms. The summed E-state index contributed by atoms with van der Waals surface area (Å²) in [5.74, 6) is -0.931. The van der Waals surface area contributed by atoms with E-state index in [4.69, 9.17) is 61.6 Å². The van der Waals surface area contributed by atoms with Gasteiger partial charge in [0.25, 0.3) is 0 Å². The summed E-state index contributed by atoms with van der Waals surface area (Å²) in [4.78, 5) is 48.1. The number of likely N-dealkylation sites (N-methyl/N-ethyl adjacent to an activating group) is 1. The summed E-state index contributed by atoms with van der Waals surface area (Å²) in [6, 6.07) is -0.201. The Hall–Kier alpha value is -2.68. The van der Waals surface area contributed by atoms with Crippen molar-refractivity contribution in [3.63, 3.8) is 0 Å². The predicted molar refractivity (Wildman–Crippen MR) is 214 cm³/mol. The first-order chi connectivity index (χ1) is 29.4. The first-order valence-corrected chi connectivity index (χ1v) is 20.6. The van der Waals surface area contributed by atoms with Crippen LogP contribution in [0.5, 0.6) is 0 Å². The lowest BCUT2D eigenvalue weighted by molar-refractivity contribution is -0.127. The quantitative estimate of drug-likeness (QED) is 0.0311. The van der Waals surface area contributed by atoms with Crippen molar-refractivity contribution < 1.29 is 80.8 Å². The number of carbonyl (C=O) groups is 4. The van der Waals surface area contributed by atoms with E-state index in [-0.39, 0.29) is 81.6 Å². The van der Waals surface area contributed by atoms with E-state index < -0.39 is 0 Å². The average Bonchev–Trinajstić information content (AvgIpc) is 4.03. The van der Waals surface area contributed by atoms with Gasteiger partial charge in [0.1, 0.15) is 38.8 Å². The van der Waals surface area contributed by atoms with Gasteiger partial charge in [-0.05, 0) is 26.3 Å². The summed E-state index contributed by atoms with van der Waals surface area (Å²) in [5, 5.41) is 14.3. The molecule has 1 saturated heterocycles. The lowest BCUT2D eigenvalue weighted by atomic mass is 10.1. The van der Waals surface area contributed by atoms with Gasteiger partial charge in [-0.25, -0.2) is 0 Å². The second-order valence-corrected chi connectivity index (χ2v) is 12.9. The maximum Gasteiger partial charge on any atom is 0.246 e. The normalized spacial score (nSPS) is 15.1. The molecule has 1 aliphatic rings. The summed E-state index contributed by atoms with van der Waals surface area (Å²) in [6.07, 6.45) is 1.88. The van der Waals surface area contributed by atoms with Crippen LogP contribution in [0.3, 0.4) is 0 Å². The number of nitrogens with one attached hydrogen (secondary N) is 5. The molecule has 0 aromatic heterocycles. The van der Waals surface area contributed by atoms with Gasteiger partial charge in [-0.2, -0.15) is 0 Å². The number of carbonyl (C=O) groups excluding carboxylic acids is 4. The van der Waals surface area contributed by atoms with Crippen LogP contribution in [0.1, 0.15) is 19.3 Å². The van der Waals surface area contributed by atoms with Crippen LogP contribution in [0.25, 0.3) is 0 Å². The van der Waals surface area contributed by atoms with Crippen molar-refractivity contribution in [2.24, 2.45) is 0 Å². The highest BCUT2D eigenvalue weighted by atomic mass is 16.6. The molecule has 1 rings (SSSR count). The summed E-state index contributed by atoms with van der Waals surface area (Å²) in [5.41, 5.74) is 0. The Labute approximate surface area is 354 Å². The topological polar surface area (TPSA) is 252 Å². The van der Waals surface area contributed by atoms with Gasteiger partial charge >= 0.3 is 0 Å². The van der Waals surface area contributed by atoms with Crippen molar-refractivity contribution in [1.82, 2.24) is 26.6 Å². The molecule has 0 saturated carbocycles. The van der Waals surface area contributed by atoms with E-state index in [9.17, 15) is 19.2 Å². The standard InChI is InChI=1S/C38H73N5O17/c1-39-38-37(60-38)32(43-36(47)31-59-27-23-55-19-17-51-11-9-42-35(46)30-58-25-21-53-15-13-49-3)6-4-5-7-40-33(44)28-56-26-22-54-18-16-50-10-8-41-34(45)29-57-24-20-52-14-12-48-2/h32,37-39H,4-31H2,1-3H3,(H,40,44)(H,41,45)(H,42,46)(H,43,47)/t32-,37-,38?/m0/s1. The molecule has 1 heterocycles. The van der Waals surface area contributed by atoms with Crippen LogP contribution in [0.4, 0.5) is 0 Å².